The Hall–Kier alpha value is -0.710. The van der Waals surface area contributed by atoms with Gasteiger partial charge in [-0.05, 0) is 18.9 Å². The molecule has 0 saturated carbocycles. The Labute approximate surface area is 119 Å². The second-order valence-corrected chi connectivity index (χ2v) is 4.74. The van der Waals surface area contributed by atoms with Crippen LogP contribution in [0.4, 0.5) is 0 Å². The second-order valence-electron chi connectivity index (χ2n) is 4.30. The van der Waals surface area contributed by atoms with Gasteiger partial charge in [0.25, 0.3) is 5.91 Å². The lowest BCUT2D eigenvalue weighted by Gasteiger charge is -2.31. The molecule has 1 aromatic rings. The summed E-state index contributed by atoms with van der Waals surface area (Å²) in [5.74, 6) is -0.131. The molecule has 0 atom stereocenters. The highest BCUT2D eigenvalue weighted by atomic mass is 35.5. The largest absolute Gasteiger partial charge is 0.345 e. The van der Waals surface area contributed by atoms with E-state index in [9.17, 15) is 4.79 Å². The van der Waals surface area contributed by atoms with E-state index >= 15 is 0 Å². The van der Waals surface area contributed by atoms with Gasteiger partial charge in [0.2, 0.25) is 0 Å². The van der Waals surface area contributed by atoms with Crippen molar-refractivity contribution in [3.63, 3.8) is 0 Å². The summed E-state index contributed by atoms with van der Waals surface area (Å²) in [6.45, 7) is 4.48. The average molecular weight is 294 g/mol. The maximum atomic E-state index is 12.1. The van der Waals surface area contributed by atoms with Crippen molar-refractivity contribution in [2.45, 2.75) is 32.2 Å². The SMILES string of the molecule is CCC(CC)(CN)NC(=O)c1cc(Cl)cn1C.Cl. The predicted molar refractivity (Wildman–Crippen MR) is 77.5 cm³/mol. The molecular formula is C12H21Cl2N3O. The molecule has 4 nitrogen and oxygen atoms in total. The van der Waals surface area contributed by atoms with Gasteiger partial charge >= 0.3 is 0 Å². The van der Waals surface area contributed by atoms with Crippen molar-refractivity contribution >= 4 is 29.9 Å². The van der Waals surface area contributed by atoms with Gasteiger partial charge in [0.05, 0.1) is 10.6 Å². The molecule has 0 radical (unpaired) electrons. The highest BCUT2D eigenvalue weighted by Gasteiger charge is 2.27. The lowest BCUT2D eigenvalue weighted by Crippen LogP contribution is -2.53. The van der Waals surface area contributed by atoms with Crippen molar-refractivity contribution in [2.24, 2.45) is 12.8 Å². The zero-order valence-corrected chi connectivity index (χ0v) is 12.6. The second kappa shape index (κ2) is 7.02. The number of amides is 1. The van der Waals surface area contributed by atoms with E-state index in [1.165, 1.54) is 0 Å². The molecule has 0 aliphatic rings. The highest BCUT2D eigenvalue weighted by molar-refractivity contribution is 6.31. The minimum Gasteiger partial charge on any atom is -0.345 e. The summed E-state index contributed by atoms with van der Waals surface area (Å²) >= 11 is 5.86. The molecule has 0 bridgehead atoms. The van der Waals surface area contributed by atoms with Crippen molar-refractivity contribution < 1.29 is 4.79 Å². The number of halogens is 2. The van der Waals surface area contributed by atoms with Crippen LogP contribution in [0.2, 0.25) is 5.02 Å². The number of hydrogen-bond acceptors (Lipinski definition) is 2. The Balaban J connectivity index is 0.00000289. The summed E-state index contributed by atoms with van der Waals surface area (Å²) in [4.78, 5) is 12.1. The monoisotopic (exact) mass is 293 g/mol. The first-order valence-corrected chi connectivity index (χ1v) is 6.20. The number of carbonyl (C=O) groups excluding carboxylic acids is 1. The molecule has 1 aromatic heterocycles. The van der Waals surface area contributed by atoms with Crippen LogP contribution < -0.4 is 11.1 Å². The molecule has 3 N–H and O–H groups in total. The minimum atomic E-state index is -0.326. The van der Waals surface area contributed by atoms with Gasteiger partial charge in [0.1, 0.15) is 5.69 Å². The Morgan fingerprint density at radius 1 is 1.50 bits per heavy atom. The molecule has 1 heterocycles. The molecule has 18 heavy (non-hydrogen) atoms. The summed E-state index contributed by atoms with van der Waals surface area (Å²) in [6.07, 6.45) is 3.33. The quantitative estimate of drug-likeness (QED) is 0.875. The van der Waals surface area contributed by atoms with Crippen molar-refractivity contribution in [3.05, 3.63) is 23.0 Å². The smallest absolute Gasteiger partial charge is 0.268 e. The first-order valence-electron chi connectivity index (χ1n) is 5.82. The van der Waals surface area contributed by atoms with E-state index in [0.29, 0.717) is 17.3 Å². The number of carbonyl (C=O) groups is 1. The third-order valence-corrected chi connectivity index (χ3v) is 3.53. The first-order chi connectivity index (χ1) is 7.98. The van der Waals surface area contributed by atoms with Gasteiger partial charge in [-0.25, -0.2) is 0 Å². The van der Waals surface area contributed by atoms with Gasteiger partial charge < -0.3 is 15.6 Å². The first kappa shape index (κ1) is 17.3. The fourth-order valence-electron chi connectivity index (χ4n) is 1.82. The maximum Gasteiger partial charge on any atom is 0.268 e. The summed E-state index contributed by atoms with van der Waals surface area (Å²) in [5.41, 5.74) is 5.98. The summed E-state index contributed by atoms with van der Waals surface area (Å²) in [5, 5.41) is 3.57. The topological polar surface area (TPSA) is 60.0 Å². The van der Waals surface area contributed by atoms with E-state index in [0.717, 1.165) is 12.8 Å². The lowest BCUT2D eigenvalue weighted by atomic mass is 9.93. The summed E-state index contributed by atoms with van der Waals surface area (Å²) in [6, 6.07) is 1.66. The van der Waals surface area contributed by atoms with Gasteiger partial charge in [-0.3, -0.25) is 4.79 Å². The lowest BCUT2D eigenvalue weighted by molar-refractivity contribution is 0.0887. The van der Waals surface area contributed by atoms with E-state index in [1.54, 1.807) is 23.9 Å². The highest BCUT2D eigenvalue weighted by Crippen LogP contribution is 2.17. The van der Waals surface area contributed by atoms with Gasteiger partial charge in [0, 0.05) is 19.8 Å². The van der Waals surface area contributed by atoms with Crippen molar-refractivity contribution in [1.29, 1.82) is 0 Å². The van der Waals surface area contributed by atoms with Gasteiger partial charge in [-0.1, -0.05) is 25.4 Å². The molecular weight excluding hydrogens is 273 g/mol. The zero-order valence-electron chi connectivity index (χ0n) is 11.0. The van der Waals surface area contributed by atoms with Crippen LogP contribution in [0.15, 0.2) is 12.3 Å². The van der Waals surface area contributed by atoms with Crippen LogP contribution in [0, 0.1) is 0 Å². The minimum absolute atomic E-state index is 0. The van der Waals surface area contributed by atoms with Crippen LogP contribution in [-0.2, 0) is 7.05 Å². The fourth-order valence-corrected chi connectivity index (χ4v) is 2.07. The van der Waals surface area contributed by atoms with Crippen LogP contribution in [0.25, 0.3) is 0 Å². The van der Waals surface area contributed by atoms with Crippen LogP contribution in [0.5, 0.6) is 0 Å². The van der Waals surface area contributed by atoms with E-state index < -0.39 is 0 Å². The molecule has 0 aliphatic heterocycles. The van der Waals surface area contributed by atoms with Crippen molar-refractivity contribution in [3.8, 4) is 0 Å². The Morgan fingerprint density at radius 2 is 2.06 bits per heavy atom. The molecule has 1 amide bonds. The number of aromatic nitrogens is 1. The van der Waals surface area contributed by atoms with Crippen LogP contribution in [0.1, 0.15) is 37.2 Å². The van der Waals surface area contributed by atoms with E-state index in [4.69, 9.17) is 17.3 Å². The van der Waals surface area contributed by atoms with Crippen LogP contribution >= 0.6 is 24.0 Å². The van der Waals surface area contributed by atoms with Crippen molar-refractivity contribution in [1.82, 2.24) is 9.88 Å². The number of rotatable bonds is 5. The normalized spacial score (nSPS) is 10.9. The molecule has 1 rings (SSSR count). The summed E-state index contributed by atoms with van der Waals surface area (Å²) in [7, 11) is 1.79. The molecule has 0 fully saturated rings. The third kappa shape index (κ3) is 3.64. The maximum absolute atomic E-state index is 12.1. The van der Waals surface area contributed by atoms with Gasteiger partial charge in [-0.2, -0.15) is 0 Å². The Bertz CT molecular complexity index is 392. The molecule has 6 heteroatoms. The molecule has 0 saturated heterocycles. The van der Waals surface area contributed by atoms with E-state index in [1.807, 2.05) is 13.8 Å². The predicted octanol–water partition coefficient (Wildman–Crippen LogP) is 2.35. The van der Waals surface area contributed by atoms with Gasteiger partial charge in [-0.15, -0.1) is 12.4 Å². The molecule has 0 unspecified atom stereocenters. The number of hydrogen-bond donors (Lipinski definition) is 2. The van der Waals surface area contributed by atoms with Crippen LogP contribution in [-0.4, -0.2) is 22.6 Å². The number of aryl methyl sites for hydroxylation is 1. The zero-order chi connectivity index (χ0) is 13.1. The number of nitrogens with two attached hydrogens (primary N) is 1. The Kier molecular flexibility index (Phi) is 6.74. The number of nitrogens with zero attached hydrogens (tertiary/aromatic N) is 1. The van der Waals surface area contributed by atoms with E-state index in [-0.39, 0.29) is 23.9 Å². The Morgan fingerprint density at radius 3 is 2.39 bits per heavy atom. The van der Waals surface area contributed by atoms with Crippen molar-refractivity contribution in [2.75, 3.05) is 6.54 Å². The molecule has 0 aromatic carbocycles. The summed E-state index contributed by atoms with van der Waals surface area (Å²) < 4.78 is 1.71. The fraction of sp³-hybridized carbons (Fsp3) is 0.583. The number of nitrogens with one attached hydrogen (secondary N) is 1. The average Bonchev–Trinajstić information content (AvgIpc) is 2.65. The molecule has 0 aliphatic carbocycles. The molecule has 0 spiro atoms. The standard InChI is InChI=1S/C12H20ClN3O.ClH/c1-4-12(5-2,8-14)15-11(17)10-6-9(13)7-16(10)3;/h6-7H,4-5,8,14H2,1-3H3,(H,15,17);1H. The van der Waals surface area contributed by atoms with Gasteiger partial charge in [0.15, 0.2) is 0 Å². The van der Waals surface area contributed by atoms with Crippen LogP contribution in [0.3, 0.4) is 0 Å². The van der Waals surface area contributed by atoms with E-state index in [2.05, 4.69) is 5.32 Å². The molecule has 104 valence electrons. The third-order valence-electron chi connectivity index (χ3n) is 3.33.